The predicted molar refractivity (Wildman–Crippen MR) is 92.9 cm³/mol. The molecule has 3 rings (SSSR count). The highest BCUT2D eigenvalue weighted by atomic mass is 32.2. The molecule has 0 aliphatic carbocycles. The van der Waals surface area contributed by atoms with Crippen molar-refractivity contribution < 1.29 is 18.3 Å². The molecule has 2 aromatic carbocycles. The molecule has 1 aromatic heterocycles. The van der Waals surface area contributed by atoms with Crippen LogP contribution < -0.4 is 0 Å². The van der Waals surface area contributed by atoms with Crippen LogP contribution >= 0.6 is 11.8 Å². The zero-order valence-electron chi connectivity index (χ0n) is 13.4. The highest BCUT2D eigenvalue weighted by molar-refractivity contribution is 8.00. The summed E-state index contributed by atoms with van der Waals surface area (Å²) in [6, 6.07) is 10.0. The van der Waals surface area contributed by atoms with E-state index in [4.69, 9.17) is 0 Å². The molecule has 0 amide bonds. The number of rotatable bonds is 4. The van der Waals surface area contributed by atoms with Crippen molar-refractivity contribution in [2.24, 2.45) is 0 Å². The molecule has 0 unspecified atom stereocenters. The van der Waals surface area contributed by atoms with E-state index in [1.54, 1.807) is 24.3 Å². The molecule has 8 heteroatoms. The Bertz CT molecular complexity index is 999. The minimum atomic E-state index is -1.07. The molecule has 132 valence electrons. The standard InChI is InChI=1S/C18H12F3N3OS/c1-9(26-17-12(20)6-10(19)7-13(17)21)16(25)11(8-22)18-23-14-4-2-3-5-15(14)24-18/h2-7,9,25H,1H3,(H,23,24)/t9-/m1/s1. The quantitative estimate of drug-likeness (QED) is 0.384. The molecule has 3 aromatic rings. The summed E-state index contributed by atoms with van der Waals surface area (Å²) < 4.78 is 40.6. The molecule has 1 heterocycles. The molecular formula is C18H12F3N3OS. The van der Waals surface area contributed by atoms with E-state index in [0.29, 0.717) is 34.9 Å². The van der Waals surface area contributed by atoms with Gasteiger partial charge in [-0.15, -0.1) is 11.8 Å². The number of allylic oxidation sites excluding steroid dienone is 1. The third kappa shape index (κ3) is 3.39. The number of hydrogen-bond acceptors (Lipinski definition) is 4. The average molecular weight is 375 g/mol. The third-order valence-corrected chi connectivity index (χ3v) is 4.84. The van der Waals surface area contributed by atoms with Gasteiger partial charge < -0.3 is 10.1 Å². The number of aliphatic hydroxyl groups excluding tert-OH is 1. The molecule has 0 spiro atoms. The summed E-state index contributed by atoms with van der Waals surface area (Å²) in [5.74, 6) is -3.42. The molecule has 26 heavy (non-hydrogen) atoms. The minimum absolute atomic E-state index is 0.135. The van der Waals surface area contributed by atoms with Crippen molar-refractivity contribution in [2.45, 2.75) is 17.1 Å². The molecule has 0 aliphatic heterocycles. The Morgan fingerprint density at radius 1 is 1.23 bits per heavy atom. The number of imidazole rings is 1. The normalized spacial score (nSPS) is 13.3. The van der Waals surface area contributed by atoms with E-state index >= 15 is 0 Å². The Morgan fingerprint density at radius 3 is 2.50 bits per heavy atom. The van der Waals surface area contributed by atoms with Crippen LogP contribution in [0.2, 0.25) is 0 Å². The van der Waals surface area contributed by atoms with Crippen molar-refractivity contribution in [3.63, 3.8) is 0 Å². The van der Waals surface area contributed by atoms with E-state index in [2.05, 4.69) is 9.97 Å². The number of nitrogens with zero attached hydrogens (tertiary/aromatic N) is 2. The Kier molecular flexibility index (Phi) is 4.91. The topological polar surface area (TPSA) is 72.7 Å². The molecule has 1 atom stereocenters. The lowest BCUT2D eigenvalue weighted by Gasteiger charge is -2.13. The fourth-order valence-electron chi connectivity index (χ4n) is 2.38. The zero-order chi connectivity index (χ0) is 18.8. The van der Waals surface area contributed by atoms with Crippen molar-refractivity contribution in [3.8, 4) is 6.07 Å². The number of thioether (sulfide) groups is 1. The van der Waals surface area contributed by atoms with Gasteiger partial charge in [0.1, 0.15) is 34.9 Å². The minimum Gasteiger partial charge on any atom is -0.510 e. The van der Waals surface area contributed by atoms with E-state index in [0.717, 1.165) is 0 Å². The average Bonchev–Trinajstić information content (AvgIpc) is 3.02. The third-order valence-electron chi connectivity index (χ3n) is 3.64. The van der Waals surface area contributed by atoms with Gasteiger partial charge in [0.05, 0.1) is 21.2 Å². The first kappa shape index (κ1) is 17.9. The Morgan fingerprint density at radius 2 is 1.88 bits per heavy atom. The number of nitrogens with one attached hydrogen (secondary N) is 1. The highest BCUT2D eigenvalue weighted by Gasteiger charge is 2.22. The molecule has 0 radical (unpaired) electrons. The van der Waals surface area contributed by atoms with Crippen LogP contribution in [0.3, 0.4) is 0 Å². The van der Waals surface area contributed by atoms with Crippen LogP contribution in [0, 0.1) is 28.8 Å². The van der Waals surface area contributed by atoms with Gasteiger partial charge >= 0.3 is 0 Å². The van der Waals surface area contributed by atoms with Crippen LogP contribution in [0.4, 0.5) is 13.2 Å². The maximum absolute atomic E-state index is 13.8. The first-order valence-corrected chi connectivity index (χ1v) is 8.38. The van der Waals surface area contributed by atoms with Gasteiger partial charge in [0.25, 0.3) is 0 Å². The van der Waals surface area contributed by atoms with Crippen molar-refractivity contribution in [1.82, 2.24) is 9.97 Å². The number of aliphatic hydroxyl groups is 1. The monoisotopic (exact) mass is 375 g/mol. The fourth-order valence-corrected chi connectivity index (χ4v) is 3.31. The summed E-state index contributed by atoms with van der Waals surface area (Å²) in [5.41, 5.74) is 1.15. The SMILES string of the molecule is C[C@@H](Sc1c(F)cc(F)cc1F)C(O)=C(C#N)c1nc2ccccc2[nH]1. The van der Waals surface area contributed by atoms with Gasteiger partial charge in [0.2, 0.25) is 0 Å². The Hall–Kier alpha value is -2.92. The number of nitriles is 1. The van der Waals surface area contributed by atoms with Crippen molar-refractivity contribution >= 4 is 28.4 Å². The number of aromatic amines is 1. The van der Waals surface area contributed by atoms with Crippen LogP contribution in [-0.2, 0) is 0 Å². The van der Waals surface area contributed by atoms with Crippen molar-refractivity contribution in [3.05, 3.63) is 65.4 Å². The summed E-state index contributed by atoms with van der Waals surface area (Å²) >= 11 is 0.642. The van der Waals surface area contributed by atoms with Gasteiger partial charge in [-0.2, -0.15) is 5.26 Å². The van der Waals surface area contributed by atoms with E-state index in [1.165, 1.54) is 6.92 Å². The lowest BCUT2D eigenvalue weighted by Crippen LogP contribution is -2.06. The number of H-pyrrole nitrogens is 1. The van der Waals surface area contributed by atoms with Crippen LogP contribution in [0.15, 0.2) is 47.1 Å². The number of halogens is 3. The van der Waals surface area contributed by atoms with Crippen molar-refractivity contribution in [2.75, 3.05) is 0 Å². The van der Waals surface area contributed by atoms with Crippen molar-refractivity contribution in [1.29, 1.82) is 5.26 Å². The summed E-state index contributed by atoms with van der Waals surface area (Å²) in [5, 5.41) is 18.9. The van der Waals surface area contributed by atoms with E-state index in [1.807, 2.05) is 6.07 Å². The molecule has 0 bridgehead atoms. The summed E-state index contributed by atoms with van der Waals surface area (Å²) in [6.07, 6.45) is 0. The number of benzene rings is 2. The van der Waals surface area contributed by atoms with Gasteiger partial charge in [-0.05, 0) is 19.1 Å². The molecular weight excluding hydrogens is 363 g/mol. The second-order valence-corrected chi connectivity index (χ2v) is 6.78. The van der Waals surface area contributed by atoms with E-state index in [-0.39, 0.29) is 17.2 Å². The number of para-hydroxylation sites is 2. The maximum atomic E-state index is 13.8. The zero-order valence-corrected chi connectivity index (χ0v) is 14.2. The van der Waals surface area contributed by atoms with Gasteiger partial charge in [-0.25, -0.2) is 18.2 Å². The lowest BCUT2D eigenvalue weighted by atomic mass is 10.2. The van der Waals surface area contributed by atoms with E-state index < -0.39 is 27.6 Å². The first-order chi connectivity index (χ1) is 12.4. The Balaban J connectivity index is 1.96. The van der Waals surface area contributed by atoms with Crippen LogP contribution in [0.1, 0.15) is 12.7 Å². The molecule has 4 nitrogen and oxygen atoms in total. The molecule has 0 saturated heterocycles. The van der Waals surface area contributed by atoms with Gasteiger partial charge in [0.15, 0.2) is 5.82 Å². The second kappa shape index (κ2) is 7.14. The van der Waals surface area contributed by atoms with Crippen LogP contribution in [-0.4, -0.2) is 20.3 Å². The highest BCUT2D eigenvalue weighted by Crippen LogP contribution is 2.34. The molecule has 0 fully saturated rings. The fraction of sp³-hybridized carbons (Fsp3) is 0.111. The van der Waals surface area contributed by atoms with E-state index in [9.17, 15) is 23.5 Å². The smallest absolute Gasteiger partial charge is 0.152 e. The van der Waals surface area contributed by atoms with Gasteiger partial charge in [0, 0.05) is 12.1 Å². The molecule has 2 N–H and O–H groups in total. The Labute approximate surface area is 151 Å². The first-order valence-electron chi connectivity index (χ1n) is 7.50. The van der Waals surface area contributed by atoms with Crippen LogP contribution in [0.25, 0.3) is 16.6 Å². The second-order valence-electron chi connectivity index (χ2n) is 5.43. The molecule has 0 saturated carbocycles. The number of aromatic nitrogens is 2. The van der Waals surface area contributed by atoms with Gasteiger partial charge in [-0.3, -0.25) is 0 Å². The van der Waals surface area contributed by atoms with Crippen LogP contribution in [0.5, 0.6) is 0 Å². The van der Waals surface area contributed by atoms with Gasteiger partial charge in [-0.1, -0.05) is 12.1 Å². The summed E-state index contributed by atoms with van der Waals surface area (Å²) in [4.78, 5) is 6.72. The predicted octanol–water partition coefficient (Wildman–Crippen LogP) is 4.95. The lowest BCUT2D eigenvalue weighted by molar-refractivity contribution is 0.401. The largest absolute Gasteiger partial charge is 0.510 e. The maximum Gasteiger partial charge on any atom is 0.152 e. The number of fused-ring (bicyclic) bond motifs is 1. The number of hydrogen-bond donors (Lipinski definition) is 2. The summed E-state index contributed by atoms with van der Waals surface area (Å²) in [6.45, 7) is 1.47. The summed E-state index contributed by atoms with van der Waals surface area (Å²) in [7, 11) is 0. The molecule has 0 aliphatic rings.